The van der Waals surface area contributed by atoms with Crippen LogP contribution in [0.25, 0.3) is 11.0 Å². The van der Waals surface area contributed by atoms with Gasteiger partial charge >= 0.3 is 0 Å². The van der Waals surface area contributed by atoms with Gasteiger partial charge in [-0.1, -0.05) is 11.6 Å². The Morgan fingerprint density at radius 2 is 1.52 bits per heavy atom. The van der Waals surface area contributed by atoms with Gasteiger partial charge < -0.3 is 14.5 Å². The second-order valence-electron chi connectivity index (χ2n) is 7.51. The Morgan fingerprint density at radius 3 is 2.19 bits per heavy atom. The SMILES string of the molecule is Cc1nc2ccc(C(=O)N3CCN(C(=O)COc4ccc(Cl)cc4)CC3)cc2nc1C. The Hall–Kier alpha value is -3.19. The molecule has 0 bridgehead atoms. The molecule has 31 heavy (non-hydrogen) atoms. The highest BCUT2D eigenvalue weighted by Gasteiger charge is 2.25. The Kier molecular flexibility index (Phi) is 6.04. The molecule has 0 spiro atoms. The van der Waals surface area contributed by atoms with Crippen LogP contribution < -0.4 is 4.74 Å². The third-order valence-corrected chi connectivity index (χ3v) is 5.67. The van der Waals surface area contributed by atoms with Gasteiger partial charge in [-0.3, -0.25) is 9.59 Å². The molecule has 1 aliphatic rings. The summed E-state index contributed by atoms with van der Waals surface area (Å²) in [5.41, 5.74) is 3.80. The van der Waals surface area contributed by atoms with E-state index in [4.69, 9.17) is 16.3 Å². The van der Waals surface area contributed by atoms with Gasteiger partial charge in [0.25, 0.3) is 11.8 Å². The lowest BCUT2D eigenvalue weighted by Crippen LogP contribution is -2.51. The lowest BCUT2D eigenvalue weighted by Gasteiger charge is -2.34. The number of carbonyl (C=O) groups is 2. The van der Waals surface area contributed by atoms with E-state index < -0.39 is 0 Å². The number of piperazine rings is 1. The second kappa shape index (κ2) is 8.89. The van der Waals surface area contributed by atoms with Crippen molar-refractivity contribution in [3.8, 4) is 5.75 Å². The lowest BCUT2D eigenvalue weighted by molar-refractivity contribution is -0.134. The molecule has 8 heteroatoms. The van der Waals surface area contributed by atoms with Crippen LogP contribution in [0.2, 0.25) is 5.02 Å². The molecule has 0 aliphatic carbocycles. The fourth-order valence-corrected chi connectivity index (χ4v) is 3.60. The van der Waals surface area contributed by atoms with Crippen LogP contribution in [0.1, 0.15) is 21.7 Å². The van der Waals surface area contributed by atoms with Crippen molar-refractivity contribution in [1.82, 2.24) is 19.8 Å². The van der Waals surface area contributed by atoms with Gasteiger partial charge in [0.2, 0.25) is 0 Å². The largest absolute Gasteiger partial charge is 0.484 e. The van der Waals surface area contributed by atoms with E-state index in [1.165, 1.54) is 0 Å². The van der Waals surface area contributed by atoms with Crippen molar-refractivity contribution >= 4 is 34.4 Å². The second-order valence-corrected chi connectivity index (χ2v) is 7.95. The van der Waals surface area contributed by atoms with Crippen molar-refractivity contribution in [2.75, 3.05) is 32.8 Å². The molecule has 2 aromatic carbocycles. The molecule has 2 amide bonds. The standard InChI is InChI=1S/C23H23ClN4O3/c1-15-16(2)26-21-13-17(3-8-20(21)25-15)23(30)28-11-9-27(10-12-28)22(29)14-31-19-6-4-18(24)5-7-19/h3-8,13H,9-12,14H2,1-2H3. The van der Waals surface area contributed by atoms with Crippen molar-refractivity contribution in [2.24, 2.45) is 0 Å². The van der Waals surface area contributed by atoms with Crippen molar-refractivity contribution < 1.29 is 14.3 Å². The molecule has 1 aliphatic heterocycles. The fraction of sp³-hybridized carbons (Fsp3) is 0.304. The summed E-state index contributed by atoms with van der Waals surface area (Å²) in [7, 11) is 0. The molecule has 0 unspecified atom stereocenters. The van der Waals surface area contributed by atoms with Crippen LogP contribution in [0.3, 0.4) is 0 Å². The van der Waals surface area contributed by atoms with Gasteiger partial charge in [0.1, 0.15) is 5.75 Å². The van der Waals surface area contributed by atoms with E-state index in [0.29, 0.717) is 48.0 Å². The van der Waals surface area contributed by atoms with Crippen molar-refractivity contribution in [3.63, 3.8) is 0 Å². The van der Waals surface area contributed by atoms with Gasteiger partial charge in [0.05, 0.1) is 22.4 Å². The van der Waals surface area contributed by atoms with Crippen LogP contribution in [0.15, 0.2) is 42.5 Å². The number of hydrogen-bond acceptors (Lipinski definition) is 5. The topological polar surface area (TPSA) is 75.6 Å². The van der Waals surface area contributed by atoms with Crippen molar-refractivity contribution in [1.29, 1.82) is 0 Å². The maximum Gasteiger partial charge on any atom is 0.260 e. The van der Waals surface area contributed by atoms with E-state index in [1.54, 1.807) is 46.2 Å². The smallest absolute Gasteiger partial charge is 0.260 e. The first kappa shape index (κ1) is 21.1. The number of benzene rings is 2. The first-order chi connectivity index (χ1) is 14.9. The van der Waals surface area contributed by atoms with E-state index in [1.807, 2.05) is 19.9 Å². The van der Waals surface area contributed by atoms with Gasteiger partial charge in [-0.25, -0.2) is 9.97 Å². The van der Waals surface area contributed by atoms with Gasteiger partial charge in [-0.15, -0.1) is 0 Å². The number of hydrogen-bond donors (Lipinski definition) is 0. The van der Waals surface area contributed by atoms with E-state index in [2.05, 4.69) is 9.97 Å². The summed E-state index contributed by atoms with van der Waals surface area (Å²) >= 11 is 5.85. The molecule has 4 rings (SSSR count). The normalized spacial score (nSPS) is 14.0. The summed E-state index contributed by atoms with van der Waals surface area (Å²) in [4.78, 5) is 37.9. The highest BCUT2D eigenvalue weighted by atomic mass is 35.5. The van der Waals surface area contributed by atoms with Gasteiger partial charge in [-0.05, 0) is 56.3 Å². The molecule has 2 heterocycles. The van der Waals surface area contributed by atoms with Crippen LogP contribution in [0.4, 0.5) is 0 Å². The number of carbonyl (C=O) groups excluding carboxylic acids is 2. The minimum atomic E-state index is -0.103. The summed E-state index contributed by atoms with van der Waals surface area (Å²) in [6, 6.07) is 12.3. The van der Waals surface area contributed by atoms with E-state index >= 15 is 0 Å². The maximum absolute atomic E-state index is 12.9. The predicted molar refractivity (Wildman–Crippen MR) is 118 cm³/mol. The summed E-state index contributed by atoms with van der Waals surface area (Å²) in [5.74, 6) is 0.428. The third-order valence-electron chi connectivity index (χ3n) is 5.42. The van der Waals surface area contributed by atoms with Crippen LogP contribution in [-0.4, -0.2) is 64.4 Å². The lowest BCUT2D eigenvalue weighted by atomic mass is 10.1. The minimum absolute atomic E-state index is 0.0440. The maximum atomic E-state index is 12.9. The molecular weight excluding hydrogens is 416 g/mol. The Labute approximate surface area is 185 Å². The number of rotatable bonds is 4. The van der Waals surface area contributed by atoms with E-state index in [-0.39, 0.29) is 18.4 Å². The number of ether oxygens (including phenoxy) is 1. The number of amides is 2. The summed E-state index contributed by atoms with van der Waals surface area (Å²) in [5, 5.41) is 0.614. The monoisotopic (exact) mass is 438 g/mol. The molecule has 1 aromatic heterocycles. The molecule has 0 saturated carbocycles. The summed E-state index contributed by atoms with van der Waals surface area (Å²) in [6.07, 6.45) is 0. The average Bonchev–Trinajstić information content (AvgIpc) is 2.78. The third kappa shape index (κ3) is 4.77. The molecule has 0 atom stereocenters. The molecule has 1 saturated heterocycles. The summed E-state index contributed by atoms with van der Waals surface area (Å²) < 4.78 is 5.54. The molecule has 0 N–H and O–H groups in total. The number of aryl methyl sites for hydroxylation is 2. The zero-order chi connectivity index (χ0) is 22.0. The van der Waals surface area contributed by atoms with E-state index in [9.17, 15) is 9.59 Å². The number of aromatic nitrogens is 2. The quantitative estimate of drug-likeness (QED) is 0.625. The fourth-order valence-electron chi connectivity index (χ4n) is 3.47. The predicted octanol–water partition coefficient (Wildman–Crippen LogP) is 3.26. The first-order valence-corrected chi connectivity index (χ1v) is 10.5. The van der Waals surface area contributed by atoms with Crippen LogP contribution >= 0.6 is 11.6 Å². The zero-order valence-electron chi connectivity index (χ0n) is 17.5. The van der Waals surface area contributed by atoms with Crippen molar-refractivity contribution in [3.05, 3.63) is 64.4 Å². The van der Waals surface area contributed by atoms with Crippen LogP contribution in [0.5, 0.6) is 5.75 Å². The molecule has 0 radical (unpaired) electrons. The molecule has 1 fully saturated rings. The zero-order valence-corrected chi connectivity index (χ0v) is 18.2. The highest BCUT2D eigenvalue weighted by molar-refractivity contribution is 6.30. The van der Waals surface area contributed by atoms with Crippen LogP contribution in [0, 0.1) is 13.8 Å². The Morgan fingerprint density at radius 1 is 0.903 bits per heavy atom. The minimum Gasteiger partial charge on any atom is -0.484 e. The first-order valence-electron chi connectivity index (χ1n) is 10.1. The number of fused-ring (bicyclic) bond motifs is 1. The molecule has 7 nitrogen and oxygen atoms in total. The average molecular weight is 439 g/mol. The Bertz CT molecular complexity index is 1130. The molecular formula is C23H23ClN4O3. The van der Waals surface area contributed by atoms with Crippen molar-refractivity contribution in [2.45, 2.75) is 13.8 Å². The number of halogens is 1. The van der Waals surface area contributed by atoms with E-state index in [0.717, 1.165) is 16.9 Å². The Balaban J connectivity index is 1.34. The molecule has 160 valence electrons. The van der Waals surface area contributed by atoms with Gasteiger partial charge in [-0.2, -0.15) is 0 Å². The molecule has 3 aromatic rings. The highest BCUT2D eigenvalue weighted by Crippen LogP contribution is 2.18. The van der Waals surface area contributed by atoms with Gasteiger partial charge in [0, 0.05) is 36.8 Å². The van der Waals surface area contributed by atoms with Gasteiger partial charge in [0.15, 0.2) is 6.61 Å². The van der Waals surface area contributed by atoms with Crippen LogP contribution in [-0.2, 0) is 4.79 Å². The number of nitrogens with zero attached hydrogens (tertiary/aromatic N) is 4. The summed E-state index contributed by atoms with van der Waals surface area (Å²) in [6.45, 7) is 5.67.